The van der Waals surface area contributed by atoms with E-state index in [1.54, 1.807) is 19.9 Å². The first-order valence-electron chi connectivity index (χ1n) is 10.1. The van der Waals surface area contributed by atoms with Gasteiger partial charge >= 0.3 is 0 Å². The molecule has 2 amide bonds. The lowest BCUT2D eigenvalue weighted by atomic mass is 10.1. The van der Waals surface area contributed by atoms with Crippen molar-refractivity contribution in [1.29, 1.82) is 0 Å². The lowest BCUT2D eigenvalue weighted by Crippen LogP contribution is -2.52. The topological polar surface area (TPSA) is 86.8 Å². The molecule has 1 N–H and O–H groups in total. The molecule has 0 heterocycles. The van der Waals surface area contributed by atoms with Gasteiger partial charge in [0.1, 0.15) is 18.4 Å². The molecule has 2 aromatic rings. The molecule has 1 atom stereocenters. The van der Waals surface area contributed by atoms with Crippen molar-refractivity contribution in [2.24, 2.45) is 0 Å². The minimum absolute atomic E-state index is 0.0187. The van der Waals surface area contributed by atoms with Crippen LogP contribution in [0.3, 0.4) is 0 Å². The first-order chi connectivity index (χ1) is 15.3. The molecule has 11 heteroatoms. The quantitative estimate of drug-likeness (QED) is 0.547. The summed E-state index contributed by atoms with van der Waals surface area (Å²) in [6, 6.07) is 8.88. The van der Waals surface area contributed by atoms with Gasteiger partial charge in [-0.25, -0.2) is 12.8 Å². The van der Waals surface area contributed by atoms with Gasteiger partial charge in [-0.2, -0.15) is 0 Å². The molecule has 33 heavy (non-hydrogen) atoms. The number of halogens is 3. The number of rotatable bonds is 9. The van der Waals surface area contributed by atoms with Gasteiger partial charge in [-0.1, -0.05) is 41.4 Å². The fourth-order valence-electron chi connectivity index (χ4n) is 3.07. The van der Waals surface area contributed by atoms with Crippen molar-refractivity contribution >= 4 is 50.7 Å². The van der Waals surface area contributed by atoms with Crippen LogP contribution in [0.15, 0.2) is 42.5 Å². The van der Waals surface area contributed by atoms with E-state index >= 15 is 0 Å². The fraction of sp³-hybridized carbons (Fsp3) is 0.364. The van der Waals surface area contributed by atoms with Gasteiger partial charge < -0.3 is 10.2 Å². The number of carbonyl (C=O) groups is 2. The first-order valence-corrected chi connectivity index (χ1v) is 12.7. The number of hydrogen-bond acceptors (Lipinski definition) is 4. The molecule has 0 spiro atoms. The van der Waals surface area contributed by atoms with Crippen LogP contribution in [-0.4, -0.2) is 50.0 Å². The van der Waals surface area contributed by atoms with Crippen LogP contribution in [0.25, 0.3) is 0 Å². The van der Waals surface area contributed by atoms with Crippen molar-refractivity contribution in [2.75, 3.05) is 17.1 Å². The smallest absolute Gasteiger partial charge is 0.244 e. The summed E-state index contributed by atoms with van der Waals surface area (Å²) in [6.45, 7) is 4.12. The standard InChI is InChI=1S/C22H26Cl2FN3O4S/c1-14(2)26-22(30)15(3)27(12-16-7-5-6-8-19(16)25)21(29)13-28(33(4,31)32)20-11-17(23)9-10-18(20)24/h5-11,14-15H,12-13H2,1-4H3,(H,26,30). The Bertz CT molecular complexity index is 1130. The number of nitrogens with one attached hydrogen (secondary N) is 1. The molecular formula is C22H26Cl2FN3O4S. The second-order valence-corrected chi connectivity index (χ2v) is 10.6. The minimum Gasteiger partial charge on any atom is -0.352 e. The highest BCUT2D eigenvalue weighted by Crippen LogP contribution is 2.31. The Balaban J connectivity index is 2.45. The summed E-state index contributed by atoms with van der Waals surface area (Å²) in [6.07, 6.45) is 0.924. The van der Waals surface area contributed by atoms with E-state index in [0.717, 1.165) is 15.5 Å². The zero-order valence-corrected chi connectivity index (χ0v) is 21.0. The van der Waals surface area contributed by atoms with Crippen LogP contribution >= 0.6 is 23.2 Å². The average molecular weight is 518 g/mol. The minimum atomic E-state index is -3.96. The number of sulfonamides is 1. The molecule has 0 aliphatic heterocycles. The molecule has 1 unspecified atom stereocenters. The molecule has 2 aromatic carbocycles. The first kappa shape index (κ1) is 26.9. The molecule has 0 aliphatic carbocycles. The third kappa shape index (κ3) is 7.31. The van der Waals surface area contributed by atoms with Crippen molar-refractivity contribution in [3.63, 3.8) is 0 Å². The van der Waals surface area contributed by atoms with Crippen molar-refractivity contribution in [3.8, 4) is 0 Å². The predicted octanol–water partition coefficient (Wildman–Crippen LogP) is 3.84. The molecular weight excluding hydrogens is 492 g/mol. The average Bonchev–Trinajstić information content (AvgIpc) is 2.71. The lowest BCUT2D eigenvalue weighted by molar-refractivity contribution is -0.139. The van der Waals surface area contributed by atoms with Crippen molar-refractivity contribution in [2.45, 2.75) is 39.4 Å². The van der Waals surface area contributed by atoms with Crippen molar-refractivity contribution in [1.82, 2.24) is 10.2 Å². The summed E-state index contributed by atoms with van der Waals surface area (Å²) in [4.78, 5) is 27.1. The monoisotopic (exact) mass is 517 g/mol. The summed E-state index contributed by atoms with van der Waals surface area (Å²) in [7, 11) is -3.96. The van der Waals surface area contributed by atoms with E-state index in [4.69, 9.17) is 23.2 Å². The zero-order chi connectivity index (χ0) is 24.9. The van der Waals surface area contributed by atoms with E-state index < -0.39 is 40.2 Å². The Morgan fingerprint density at radius 2 is 1.73 bits per heavy atom. The Labute approximate surface area is 203 Å². The fourth-order valence-corrected chi connectivity index (χ4v) is 4.36. The van der Waals surface area contributed by atoms with E-state index in [1.165, 1.54) is 43.3 Å². The molecule has 180 valence electrons. The summed E-state index contributed by atoms with van der Waals surface area (Å²) in [5.41, 5.74) is 0.201. The lowest BCUT2D eigenvalue weighted by Gasteiger charge is -2.32. The number of amides is 2. The van der Waals surface area contributed by atoms with E-state index in [2.05, 4.69) is 5.32 Å². The highest BCUT2D eigenvalue weighted by atomic mass is 35.5. The summed E-state index contributed by atoms with van der Waals surface area (Å²) >= 11 is 12.2. The summed E-state index contributed by atoms with van der Waals surface area (Å²) in [5, 5.41) is 3.01. The van der Waals surface area contributed by atoms with Gasteiger partial charge in [0.05, 0.1) is 17.0 Å². The van der Waals surface area contributed by atoms with Crippen LogP contribution in [0.4, 0.5) is 10.1 Å². The van der Waals surface area contributed by atoms with Gasteiger partial charge in [0.25, 0.3) is 0 Å². The molecule has 0 saturated heterocycles. The second-order valence-electron chi connectivity index (χ2n) is 7.82. The van der Waals surface area contributed by atoms with E-state index in [1.807, 2.05) is 0 Å². The third-order valence-electron chi connectivity index (χ3n) is 4.75. The maximum absolute atomic E-state index is 14.3. The maximum atomic E-state index is 14.3. The van der Waals surface area contributed by atoms with Crippen LogP contribution in [0, 0.1) is 5.82 Å². The molecule has 7 nitrogen and oxygen atoms in total. The normalized spacial score (nSPS) is 12.4. The Morgan fingerprint density at radius 3 is 2.30 bits per heavy atom. The van der Waals surface area contributed by atoms with Gasteiger partial charge in [0.2, 0.25) is 21.8 Å². The number of nitrogens with zero attached hydrogens (tertiary/aromatic N) is 2. The van der Waals surface area contributed by atoms with Crippen molar-refractivity contribution in [3.05, 3.63) is 63.9 Å². The Hall–Kier alpha value is -2.36. The van der Waals surface area contributed by atoms with Crippen molar-refractivity contribution < 1.29 is 22.4 Å². The SMILES string of the molecule is CC(C)NC(=O)C(C)N(Cc1ccccc1F)C(=O)CN(c1cc(Cl)ccc1Cl)S(C)(=O)=O. The van der Waals surface area contributed by atoms with E-state index in [9.17, 15) is 22.4 Å². The van der Waals surface area contributed by atoms with Gasteiger partial charge in [0.15, 0.2) is 0 Å². The molecule has 0 aromatic heterocycles. The number of carbonyl (C=O) groups excluding carboxylic acids is 2. The molecule has 0 aliphatic rings. The van der Waals surface area contributed by atoms with Gasteiger partial charge in [-0.3, -0.25) is 13.9 Å². The second kappa shape index (κ2) is 11.2. The van der Waals surface area contributed by atoms with Gasteiger partial charge in [-0.15, -0.1) is 0 Å². The zero-order valence-electron chi connectivity index (χ0n) is 18.7. The predicted molar refractivity (Wildman–Crippen MR) is 128 cm³/mol. The molecule has 0 fully saturated rings. The molecule has 2 rings (SSSR count). The molecule has 0 bridgehead atoms. The molecule has 0 radical (unpaired) electrons. The van der Waals surface area contributed by atoms with Gasteiger partial charge in [-0.05, 0) is 45.0 Å². The number of benzene rings is 2. The number of anilines is 1. The van der Waals surface area contributed by atoms with E-state index in [-0.39, 0.29) is 33.9 Å². The molecule has 0 saturated carbocycles. The maximum Gasteiger partial charge on any atom is 0.244 e. The summed E-state index contributed by atoms with van der Waals surface area (Å²) < 4.78 is 40.2. The largest absolute Gasteiger partial charge is 0.352 e. The van der Waals surface area contributed by atoms with Crippen LogP contribution in [0.2, 0.25) is 10.0 Å². The highest BCUT2D eigenvalue weighted by Gasteiger charge is 2.31. The van der Waals surface area contributed by atoms with E-state index in [0.29, 0.717) is 0 Å². The number of hydrogen-bond donors (Lipinski definition) is 1. The summed E-state index contributed by atoms with van der Waals surface area (Å²) in [5.74, 6) is -1.72. The van der Waals surface area contributed by atoms with Crippen LogP contribution in [0.5, 0.6) is 0 Å². The third-order valence-corrected chi connectivity index (χ3v) is 6.43. The van der Waals surface area contributed by atoms with Crippen LogP contribution < -0.4 is 9.62 Å². The highest BCUT2D eigenvalue weighted by molar-refractivity contribution is 7.92. The van der Waals surface area contributed by atoms with Crippen LogP contribution in [-0.2, 0) is 26.2 Å². The Kier molecular flexibility index (Phi) is 9.11. The van der Waals surface area contributed by atoms with Gasteiger partial charge in [0, 0.05) is 23.2 Å². The van der Waals surface area contributed by atoms with Crippen LogP contribution in [0.1, 0.15) is 26.3 Å². The Morgan fingerprint density at radius 1 is 1.09 bits per heavy atom.